The Kier molecular flexibility index (Phi) is 3.58. The molecule has 3 heterocycles. The molecule has 0 atom stereocenters. The minimum absolute atomic E-state index is 0.338. The van der Waals surface area contributed by atoms with Gasteiger partial charge in [-0.2, -0.15) is 9.61 Å². The van der Waals surface area contributed by atoms with Crippen molar-refractivity contribution in [3.05, 3.63) is 76.7 Å². The molecule has 0 fully saturated rings. The predicted octanol–water partition coefficient (Wildman–Crippen LogP) is 2.59. The van der Waals surface area contributed by atoms with Gasteiger partial charge in [-0.15, -0.1) is 0 Å². The van der Waals surface area contributed by atoms with Crippen molar-refractivity contribution in [2.75, 3.05) is 0 Å². The van der Waals surface area contributed by atoms with Crippen molar-refractivity contribution < 1.29 is 14.3 Å². The van der Waals surface area contributed by atoms with Gasteiger partial charge in [-0.1, -0.05) is 0 Å². The number of nitrogens with zero attached hydrogens (tertiary/aromatic N) is 3. The number of halogens is 1. The molecule has 128 valence electrons. The minimum Gasteiger partial charge on any atom is -0.477 e. The van der Waals surface area contributed by atoms with Gasteiger partial charge in [0.25, 0.3) is 5.56 Å². The van der Waals surface area contributed by atoms with Crippen molar-refractivity contribution in [2.24, 2.45) is 0 Å². The summed E-state index contributed by atoms with van der Waals surface area (Å²) in [5.41, 5.74) is 1.49. The normalized spacial score (nSPS) is 11.0. The number of rotatable bonds is 3. The van der Waals surface area contributed by atoms with Crippen molar-refractivity contribution in [2.45, 2.75) is 0 Å². The summed E-state index contributed by atoms with van der Waals surface area (Å²) in [6.07, 6.45) is 4.33. The van der Waals surface area contributed by atoms with Crippen LogP contribution >= 0.6 is 0 Å². The molecule has 4 rings (SSSR count). The molecule has 0 saturated carbocycles. The lowest BCUT2D eigenvalue weighted by atomic mass is 10.0. The van der Waals surface area contributed by atoms with Gasteiger partial charge in [0.1, 0.15) is 22.7 Å². The van der Waals surface area contributed by atoms with Gasteiger partial charge in [0.15, 0.2) is 0 Å². The van der Waals surface area contributed by atoms with Crippen LogP contribution in [-0.2, 0) is 0 Å². The number of H-pyrrole nitrogens is 1. The lowest BCUT2D eigenvalue weighted by Crippen LogP contribution is -2.22. The summed E-state index contributed by atoms with van der Waals surface area (Å²) < 4.78 is 14.3. The van der Waals surface area contributed by atoms with Crippen LogP contribution in [0.5, 0.6) is 0 Å². The standard InChI is InChI=1S/C18H11FN4O3/c19-12-3-1-11(2-4-12)15-14(10-5-7-20-8-6-10)16-21-9-13(18(25)26)17(24)23(16)22-15/h1-9,21H,(H,25,26). The quantitative estimate of drug-likeness (QED) is 0.591. The van der Waals surface area contributed by atoms with E-state index < -0.39 is 22.9 Å². The first-order chi connectivity index (χ1) is 12.6. The van der Waals surface area contributed by atoms with E-state index in [1.165, 1.54) is 12.1 Å². The summed E-state index contributed by atoms with van der Waals surface area (Å²) in [6.45, 7) is 0. The number of hydrogen-bond acceptors (Lipinski definition) is 4. The van der Waals surface area contributed by atoms with Crippen LogP contribution < -0.4 is 5.56 Å². The zero-order valence-corrected chi connectivity index (χ0v) is 13.2. The zero-order valence-electron chi connectivity index (χ0n) is 13.2. The number of aromatic carboxylic acids is 1. The highest BCUT2D eigenvalue weighted by molar-refractivity contribution is 5.92. The van der Waals surface area contributed by atoms with E-state index in [2.05, 4.69) is 15.1 Å². The van der Waals surface area contributed by atoms with Crippen molar-refractivity contribution in [1.29, 1.82) is 0 Å². The van der Waals surface area contributed by atoms with Crippen LogP contribution in [0.1, 0.15) is 10.4 Å². The Morgan fingerprint density at radius 1 is 1.08 bits per heavy atom. The molecule has 0 bridgehead atoms. The molecule has 1 aromatic carbocycles. The summed E-state index contributed by atoms with van der Waals surface area (Å²) in [5, 5.41) is 13.5. The van der Waals surface area contributed by atoms with E-state index >= 15 is 0 Å². The Labute approximate surface area is 145 Å². The molecule has 0 spiro atoms. The Balaban J connectivity index is 2.09. The van der Waals surface area contributed by atoms with Crippen LogP contribution in [-0.4, -0.2) is 30.7 Å². The van der Waals surface area contributed by atoms with Crippen LogP contribution in [0.3, 0.4) is 0 Å². The molecule has 4 aromatic rings. The Hall–Kier alpha value is -3.81. The molecule has 0 saturated heterocycles. The number of aromatic amines is 1. The highest BCUT2D eigenvalue weighted by atomic mass is 19.1. The maximum atomic E-state index is 13.3. The van der Waals surface area contributed by atoms with Gasteiger partial charge in [-0.25, -0.2) is 9.18 Å². The zero-order chi connectivity index (χ0) is 18.3. The number of carboxylic acids is 1. The topological polar surface area (TPSA) is 100 Å². The predicted molar refractivity (Wildman–Crippen MR) is 91.4 cm³/mol. The van der Waals surface area contributed by atoms with Gasteiger partial charge in [0.05, 0.1) is 5.56 Å². The molecule has 0 radical (unpaired) electrons. The third-order valence-electron chi connectivity index (χ3n) is 3.98. The average molecular weight is 350 g/mol. The Bertz CT molecular complexity index is 1180. The third kappa shape index (κ3) is 2.44. The average Bonchev–Trinajstić information content (AvgIpc) is 3.03. The van der Waals surface area contributed by atoms with Crippen LogP contribution in [0.25, 0.3) is 28.0 Å². The summed E-state index contributed by atoms with van der Waals surface area (Å²) in [6, 6.07) is 9.16. The highest BCUT2D eigenvalue weighted by Gasteiger charge is 2.21. The van der Waals surface area contributed by atoms with Crippen LogP contribution in [0.15, 0.2) is 59.8 Å². The van der Waals surface area contributed by atoms with Gasteiger partial charge < -0.3 is 10.1 Å². The van der Waals surface area contributed by atoms with Crippen molar-refractivity contribution >= 4 is 11.6 Å². The summed E-state index contributed by atoms with van der Waals surface area (Å²) in [5.74, 6) is -1.75. The molecule has 0 amide bonds. The van der Waals surface area contributed by atoms with E-state index in [9.17, 15) is 14.0 Å². The van der Waals surface area contributed by atoms with Gasteiger partial charge in [-0.05, 0) is 42.0 Å². The van der Waals surface area contributed by atoms with Gasteiger partial charge in [0.2, 0.25) is 0 Å². The van der Waals surface area contributed by atoms with E-state index in [0.717, 1.165) is 16.3 Å². The number of fused-ring (bicyclic) bond motifs is 1. The maximum absolute atomic E-state index is 13.3. The highest BCUT2D eigenvalue weighted by Crippen LogP contribution is 2.33. The number of carboxylic acid groups (broad SMARTS) is 1. The van der Waals surface area contributed by atoms with Crippen molar-refractivity contribution in [3.8, 4) is 22.4 Å². The molecule has 0 unspecified atom stereocenters. The van der Waals surface area contributed by atoms with Gasteiger partial charge in [0, 0.05) is 24.2 Å². The molecule has 0 aliphatic rings. The number of benzene rings is 1. The van der Waals surface area contributed by atoms with E-state index in [1.807, 2.05) is 0 Å². The third-order valence-corrected chi connectivity index (χ3v) is 3.98. The fraction of sp³-hybridized carbons (Fsp3) is 0. The largest absolute Gasteiger partial charge is 0.477 e. The second-order valence-corrected chi connectivity index (χ2v) is 5.54. The second-order valence-electron chi connectivity index (χ2n) is 5.54. The fourth-order valence-corrected chi connectivity index (χ4v) is 2.77. The molecule has 0 aliphatic carbocycles. The molecule has 0 aliphatic heterocycles. The molecule has 26 heavy (non-hydrogen) atoms. The van der Waals surface area contributed by atoms with Crippen molar-refractivity contribution in [1.82, 2.24) is 19.6 Å². The van der Waals surface area contributed by atoms with E-state index in [4.69, 9.17) is 5.11 Å². The van der Waals surface area contributed by atoms with Crippen LogP contribution in [0.4, 0.5) is 4.39 Å². The smallest absolute Gasteiger partial charge is 0.342 e. The number of aromatic nitrogens is 4. The summed E-state index contributed by atoms with van der Waals surface area (Å²) in [4.78, 5) is 30.5. The first-order valence-electron chi connectivity index (χ1n) is 7.60. The molecule has 8 heteroatoms. The lowest BCUT2D eigenvalue weighted by molar-refractivity contribution is 0.0694. The number of nitrogens with one attached hydrogen (secondary N) is 1. The first kappa shape index (κ1) is 15.7. The van der Waals surface area contributed by atoms with Crippen molar-refractivity contribution in [3.63, 3.8) is 0 Å². The molecule has 3 aromatic heterocycles. The summed E-state index contributed by atoms with van der Waals surface area (Å²) in [7, 11) is 0. The Morgan fingerprint density at radius 3 is 2.42 bits per heavy atom. The van der Waals surface area contributed by atoms with E-state index in [1.54, 1.807) is 36.7 Å². The first-order valence-corrected chi connectivity index (χ1v) is 7.60. The Morgan fingerprint density at radius 2 is 1.77 bits per heavy atom. The van der Waals surface area contributed by atoms with Crippen LogP contribution in [0, 0.1) is 5.82 Å². The van der Waals surface area contributed by atoms with Crippen LogP contribution in [0.2, 0.25) is 0 Å². The van der Waals surface area contributed by atoms with E-state index in [-0.39, 0.29) is 0 Å². The monoisotopic (exact) mass is 350 g/mol. The molecular formula is C18H11FN4O3. The maximum Gasteiger partial charge on any atom is 0.342 e. The summed E-state index contributed by atoms with van der Waals surface area (Å²) >= 11 is 0. The number of hydrogen-bond donors (Lipinski definition) is 2. The second kappa shape index (κ2) is 5.92. The lowest BCUT2D eigenvalue weighted by Gasteiger charge is -2.03. The molecule has 2 N–H and O–H groups in total. The van der Waals surface area contributed by atoms with E-state index in [0.29, 0.717) is 22.5 Å². The number of carbonyl (C=O) groups is 1. The number of pyridine rings is 1. The van der Waals surface area contributed by atoms with Gasteiger partial charge in [-0.3, -0.25) is 9.78 Å². The SMILES string of the molecule is O=C(O)c1c[nH]c2c(-c3ccncc3)c(-c3ccc(F)cc3)nn2c1=O. The van der Waals surface area contributed by atoms with Gasteiger partial charge >= 0.3 is 5.97 Å². The molecule has 7 nitrogen and oxygen atoms in total. The molecular weight excluding hydrogens is 339 g/mol. The minimum atomic E-state index is -1.35. The fourth-order valence-electron chi connectivity index (χ4n) is 2.77.